The van der Waals surface area contributed by atoms with Crippen molar-refractivity contribution in [3.05, 3.63) is 11.9 Å². The molecule has 0 aliphatic carbocycles. The van der Waals surface area contributed by atoms with E-state index in [2.05, 4.69) is 55.9 Å². The zero-order chi connectivity index (χ0) is 15.4. The minimum Gasteiger partial charge on any atom is -0.370 e. The fraction of sp³-hybridized carbons (Fsp3) is 0.765. The van der Waals surface area contributed by atoms with E-state index in [1.807, 2.05) is 0 Å². The number of aromatic nitrogens is 2. The molecule has 0 saturated carbocycles. The van der Waals surface area contributed by atoms with Gasteiger partial charge in [-0.25, -0.2) is 9.97 Å². The molecule has 4 heteroatoms. The Bertz CT molecular complexity index is 460. The molecule has 3 atom stereocenters. The lowest BCUT2D eigenvalue weighted by molar-refractivity contribution is 0.295. The van der Waals surface area contributed by atoms with Gasteiger partial charge >= 0.3 is 0 Å². The third-order valence-corrected chi connectivity index (χ3v) is 4.52. The van der Waals surface area contributed by atoms with E-state index in [1.54, 1.807) is 0 Å². The fourth-order valence-electron chi connectivity index (χ4n) is 3.15. The summed E-state index contributed by atoms with van der Waals surface area (Å²) in [6, 6.07) is 2.66. The minimum atomic E-state index is 0.542. The Labute approximate surface area is 129 Å². The summed E-state index contributed by atoms with van der Waals surface area (Å²) in [7, 11) is 0. The average molecular weight is 290 g/mol. The molecular formula is C17H30N4. The van der Waals surface area contributed by atoms with Gasteiger partial charge in [0.15, 0.2) is 0 Å². The molecule has 1 aromatic heterocycles. The van der Waals surface area contributed by atoms with Crippen molar-refractivity contribution in [2.75, 3.05) is 23.3 Å². The molecule has 1 N–H and O–H groups in total. The number of anilines is 2. The van der Waals surface area contributed by atoms with Gasteiger partial charge in [0.1, 0.15) is 17.5 Å². The molecule has 2 rings (SSSR count). The first-order valence-electron chi connectivity index (χ1n) is 8.43. The number of rotatable bonds is 5. The maximum Gasteiger partial charge on any atom is 0.134 e. The molecule has 1 aliphatic heterocycles. The number of nitrogens with zero attached hydrogens (tertiary/aromatic N) is 3. The summed E-state index contributed by atoms with van der Waals surface area (Å²) in [5, 5.41) is 3.41. The van der Waals surface area contributed by atoms with E-state index in [0.717, 1.165) is 49.3 Å². The fourth-order valence-corrected chi connectivity index (χ4v) is 3.15. The van der Waals surface area contributed by atoms with E-state index >= 15 is 0 Å². The van der Waals surface area contributed by atoms with E-state index in [9.17, 15) is 0 Å². The summed E-state index contributed by atoms with van der Waals surface area (Å²) in [5.41, 5.74) is 0. The van der Waals surface area contributed by atoms with Crippen molar-refractivity contribution in [2.45, 2.75) is 59.9 Å². The molecule has 1 fully saturated rings. The van der Waals surface area contributed by atoms with Crippen molar-refractivity contribution in [1.29, 1.82) is 0 Å². The number of piperidine rings is 1. The van der Waals surface area contributed by atoms with Gasteiger partial charge in [0.25, 0.3) is 0 Å². The van der Waals surface area contributed by atoms with E-state index in [1.165, 1.54) is 6.42 Å². The van der Waals surface area contributed by atoms with Gasteiger partial charge in [-0.3, -0.25) is 0 Å². The molecule has 0 bridgehead atoms. The number of nitrogens with one attached hydrogen (secondary N) is 1. The molecule has 0 spiro atoms. The summed E-state index contributed by atoms with van der Waals surface area (Å²) in [4.78, 5) is 11.8. The van der Waals surface area contributed by atoms with Crippen LogP contribution >= 0.6 is 0 Å². The lowest BCUT2D eigenvalue weighted by Crippen LogP contribution is -2.46. The van der Waals surface area contributed by atoms with Crippen molar-refractivity contribution in [2.24, 2.45) is 11.8 Å². The predicted octanol–water partition coefficient (Wildman–Crippen LogP) is 3.73. The second-order valence-electron chi connectivity index (χ2n) is 6.52. The van der Waals surface area contributed by atoms with Crippen LogP contribution in [-0.2, 0) is 6.42 Å². The third-order valence-electron chi connectivity index (χ3n) is 4.52. The van der Waals surface area contributed by atoms with Gasteiger partial charge in [-0.1, -0.05) is 27.7 Å². The van der Waals surface area contributed by atoms with Crippen molar-refractivity contribution >= 4 is 11.6 Å². The van der Waals surface area contributed by atoms with Gasteiger partial charge in [-0.15, -0.1) is 0 Å². The summed E-state index contributed by atoms with van der Waals surface area (Å²) in [6.07, 6.45) is 3.29. The highest BCUT2D eigenvalue weighted by atomic mass is 15.2. The first-order valence-corrected chi connectivity index (χ1v) is 8.43. The molecule has 1 saturated heterocycles. The van der Waals surface area contributed by atoms with Crippen molar-refractivity contribution in [3.8, 4) is 0 Å². The Morgan fingerprint density at radius 1 is 1.24 bits per heavy atom. The van der Waals surface area contributed by atoms with Crippen LogP contribution in [0.2, 0.25) is 0 Å². The first-order chi connectivity index (χ1) is 10.0. The summed E-state index contributed by atoms with van der Waals surface area (Å²) >= 11 is 0. The van der Waals surface area contributed by atoms with Gasteiger partial charge in [0, 0.05) is 31.6 Å². The zero-order valence-electron chi connectivity index (χ0n) is 14.2. The quantitative estimate of drug-likeness (QED) is 0.897. The highest BCUT2D eigenvalue weighted by Crippen LogP contribution is 2.31. The van der Waals surface area contributed by atoms with Crippen LogP contribution in [0.5, 0.6) is 0 Å². The van der Waals surface area contributed by atoms with Gasteiger partial charge in [0.05, 0.1) is 0 Å². The number of aryl methyl sites for hydroxylation is 1. The molecule has 2 heterocycles. The van der Waals surface area contributed by atoms with Crippen LogP contribution in [0.4, 0.5) is 11.6 Å². The zero-order valence-corrected chi connectivity index (χ0v) is 14.2. The predicted molar refractivity (Wildman–Crippen MR) is 89.9 cm³/mol. The van der Waals surface area contributed by atoms with E-state index in [4.69, 9.17) is 4.98 Å². The Morgan fingerprint density at radius 3 is 2.67 bits per heavy atom. The molecule has 118 valence electrons. The van der Waals surface area contributed by atoms with Gasteiger partial charge in [-0.05, 0) is 31.6 Å². The highest BCUT2D eigenvalue weighted by Gasteiger charge is 2.30. The van der Waals surface area contributed by atoms with Crippen LogP contribution < -0.4 is 10.2 Å². The maximum atomic E-state index is 4.78. The smallest absolute Gasteiger partial charge is 0.134 e. The van der Waals surface area contributed by atoms with Gasteiger partial charge < -0.3 is 10.2 Å². The normalized spacial score (nSPS) is 26.0. The molecule has 3 unspecified atom stereocenters. The second kappa shape index (κ2) is 7.10. The Balaban J connectivity index is 2.28. The summed E-state index contributed by atoms with van der Waals surface area (Å²) in [5.74, 6) is 4.43. The molecule has 0 amide bonds. The van der Waals surface area contributed by atoms with Crippen molar-refractivity contribution in [3.63, 3.8) is 0 Å². The molecular weight excluding hydrogens is 260 g/mol. The topological polar surface area (TPSA) is 41.0 Å². The van der Waals surface area contributed by atoms with Gasteiger partial charge in [0.2, 0.25) is 0 Å². The van der Waals surface area contributed by atoms with Crippen LogP contribution in [0.3, 0.4) is 0 Å². The van der Waals surface area contributed by atoms with Gasteiger partial charge in [-0.2, -0.15) is 0 Å². The monoisotopic (exact) mass is 290 g/mol. The third kappa shape index (κ3) is 3.86. The Hall–Kier alpha value is -1.32. The van der Waals surface area contributed by atoms with Crippen LogP contribution in [0.1, 0.15) is 53.3 Å². The molecule has 21 heavy (non-hydrogen) atoms. The Morgan fingerprint density at radius 2 is 2.00 bits per heavy atom. The van der Waals surface area contributed by atoms with E-state index in [0.29, 0.717) is 12.0 Å². The number of hydrogen-bond donors (Lipinski definition) is 1. The minimum absolute atomic E-state index is 0.542. The highest BCUT2D eigenvalue weighted by molar-refractivity contribution is 5.50. The van der Waals surface area contributed by atoms with Crippen molar-refractivity contribution < 1.29 is 0 Å². The Kier molecular flexibility index (Phi) is 5.43. The SMILES string of the molecule is CCCNc1cc(N2CC(C)CC(C)C2C)nc(CC)n1. The molecule has 1 aliphatic rings. The van der Waals surface area contributed by atoms with E-state index in [-0.39, 0.29) is 0 Å². The van der Waals surface area contributed by atoms with Crippen molar-refractivity contribution in [1.82, 2.24) is 9.97 Å². The van der Waals surface area contributed by atoms with Crippen LogP contribution in [0.25, 0.3) is 0 Å². The lowest BCUT2D eigenvalue weighted by Gasteiger charge is -2.42. The van der Waals surface area contributed by atoms with Crippen LogP contribution in [-0.4, -0.2) is 29.1 Å². The average Bonchev–Trinajstić information content (AvgIpc) is 2.48. The lowest BCUT2D eigenvalue weighted by atomic mass is 9.86. The first kappa shape index (κ1) is 16.1. The maximum absolute atomic E-state index is 4.78. The standard InChI is InChI=1S/C17H30N4/c1-6-8-18-16-10-17(20-15(7-2)19-16)21-11-12(3)9-13(4)14(21)5/h10,12-14H,6-9,11H2,1-5H3,(H,18,19,20). The molecule has 0 aromatic carbocycles. The summed E-state index contributed by atoms with van der Waals surface area (Å²) < 4.78 is 0. The molecule has 4 nitrogen and oxygen atoms in total. The van der Waals surface area contributed by atoms with Crippen LogP contribution in [0, 0.1) is 11.8 Å². The van der Waals surface area contributed by atoms with Crippen LogP contribution in [0.15, 0.2) is 6.07 Å². The molecule has 1 aromatic rings. The van der Waals surface area contributed by atoms with E-state index < -0.39 is 0 Å². The largest absolute Gasteiger partial charge is 0.370 e. The second-order valence-corrected chi connectivity index (χ2v) is 6.52. The number of hydrogen-bond acceptors (Lipinski definition) is 4. The summed E-state index contributed by atoms with van der Waals surface area (Å²) in [6.45, 7) is 13.4. The molecule has 0 radical (unpaired) electrons.